The molecule has 20 heavy (non-hydrogen) atoms. The maximum absolute atomic E-state index is 11.0. The van der Waals surface area contributed by atoms with Crippen LogP contribution in [0.1, 0.15) is 16.1 Å². The Hall–Kier alpha value is -2.14. The zero-order valence-corrected chi connectivity index (χ0v) is 12.0. The van der Waals surface area contributed by atoms with E-state index in [1.807, 2.05) is 19.1 Å². The first-order valence-corrected chi connectivity index (χ1v) is 6.65. The zero-order valence-electron chi connectivity index (χ0n) is 12.0. The second kappa shape index (κ2) is 5.88. The number of quaternary nitrogens is 1. The van der Waals surface area contributed by atoms with E-state index in [9.17, 15) is 4.79 Å². The number of carbonyl (C=O) groups is 1. The predicted octanol–water partition coefficient (Wildman–Crippen LogP) is 0.798. The quantitative estimate of drug-likeness (QED) is 0.754. The van der Waals surface area contributed by atoms with Crippen molar-refractivity contribution >= 4 is 22.6 Å². The van der Waals surface area contributed by atoms with Crippen LogP contribution in [0, 0.1) is 6.92 Å². The number of carboxylic acid groups (broad SMARTS) is 1. The highest BCUT2D eigenvalue weighted by molar-refractivity contribution is 5.97. The molecule has 1 aromatic carbocycles. The van der Waals surface area contributed by atoms with Crippen LogP contribution in [0.15, 0.2) is 24.3 Å². The lowest BCUT2D eigenvalue weighted by Gasteiger charge is -2.12. The highest BCUT2D eigenvalue weighted by Gasteiger charge is 2.08. The molecule has 2 aromatic rings. The molecule has 0 amide bonds. The third kappa shape index (κ3) is 3.24. The molecule has 0 unspecified atom stereocenters. The number of aromatic nitrogens is 1. The largest absolute Gasteiger partial charge is 0.478 e. The number of carboxylic acids is 1. The van der Waals surface area contributed by atoms with Crippen LogP contribution in [-0.2, 0) is 0 Å². The Morgan fingerprint density at radius 2 is 2.10 bits per heavy atom. The standard InChI is InChI=1S/C15H19N3O2/c1-10-8-13(16-6-7-18(2)3)12-5-4-11(15(19)20)9-14(12)17-10/h4-5,8-9H,6-7H2,1-3H3,(H,16,17)(H,19,20)/p+1. The molecule has 0 radical (unpaired) electrons. The molecular formula is C15H20N3O2+. The summed E-state index contributed by atoms with van der Waals surface area (Å²) < 4.78 is 0. The van der Waals surface area contributed by atoms with Gasteiger partial charge in [0.2, 0.25) is 0 Å². The number of hydrogen-bond donors (Lipinski definition) is 3. The van der Waals surface area contributed by atoms with Gasteiger partial charge in [0.15, 0.2) is 0 Å². The van der Waals surface area contributed by atoms with Crippen LogP contribution in [0.25, 0.3) is 10.9 Å². The highest BCUT2D eigenvalue weighted by atomic mass is 16.4. The van der Waals surface area contributed by atoms with E-state index in [-0.39, 0.29) is 5.56 Å². The van der Waals surface area contributed by atoms with E-state index in [2.05, 4.69) is 24.4 Å². The van der Waals surface area contributed by atoms with E-state index >= 15 is 0 Å². The molecule has 0 bridgehead atoms. The van der Waals surface area contributed by atoms with Gasteiger partial charge < -0.3 is 15.3 Å². The minimum Gasteiger partial charge on any atom is -0.478 e. The number of likely N-dealkylation sites (N-methyl/N-ethyl adjacent to an activating group) is 1. The molecule has 1 heterocycles. The average molecular weight is 274 g/mol. The van der Waals surface area contributed by atoms with E-state index in [4.69, 9.17) is 5.11 Å². The summed E-state index contributed by atoms with van der Waals surface area (Å²) in [5.74, 6) is -0.930. The van der Waals surface area contributed by atoms with Gasteiger partial charge in [-0.2, -0.15) is 0 Å². The van der Waals surface area contributed by atoms with E-state index in [1.165, 1.54) is 4.90 Å². The van der Waals surface area contributed by atoms with Gasteiger partial charge in [-0.25, -0.2) is 4.79 Å². The van der Waals surface area contributed by atoms with Crippen LogP contribution in [0.4, 0.5) is 5.69 Å². The Morgan fingerprint density at radius 3 is 2.75 bits per heavy atom. The van der Waals surface area contributed by atoms with Gasteiger partial charge in [0.25, 0.3) is 0 Å². The monoisotopic (exact) mass is 274 g/mol. The number of fused-ring (bicyclic) bond motifs is 1. The summed E-state index contributed by atoms with van der Waals surface area (Å²) in [5.41, 5.74) is 2.86. The van der Waals surface area contributed by atoms with Crippen molar-refractivity contribution < 1.29 is 14.8 Å². The maximum Gasteiger partial charge on any atom is 0.335 e. The first-order valence-electron chi connectivity index (χ1n) is 6.65. The number of rotatable bonds is 5. The minimum atomic E-state index is -0.930. The second-order valence-electron chi connectivity index (χ2n) is 5.23. The van der Waals surface area contributed by atoms with Gasteiger partial charge in [0.1, 0.15) is 0 Å². The van der Waals surface area contributed by atoms with E-state index in [0.717, 1.165) is 29.9 Å². The van der Waals surface area contributed by atoms with Crippen molar-refractivity contribution in [2.45, 2.75) is 6.92 Å². The van der Waals surface area contributed by atoms with Gasteiger partial charge in [-0.15, -0.1) is 0 Å². The molecule has 0 fully saturated rings. The molecule has 5 heteroatoms. The number of benzene rings is 1. The molecule has 0 aliphatic carbocycles. The molecule has 1 aromatic heterocycles. The minimum absolute atomic E-state index is 0.263. The lowest BCUT2D eigenvalue weighted by molar-refractivity contribution is -0.856. The summed E-state index contributed by atoms with van der Waals surface area (Å²) >= 11 is 0. The predicted molar refractivity (Wildman–Crippen MR) is 79.6 cm³/mol. The van der Waals surface area contributed by atoms with Gasteiger partial charge in [0, 0.05) is 16.8 Å². The SMILES string of the molecule is Cc1cc(NCC[NH+](C)C)c2ccc(C(=O)O)cc2n1. The van der Waals surface area contributed by atoms with Crippen molar-refractivity contribution in [1.29, 1.82) is 0 Å². The molecule has 0 aliphatic heterocycles. The summed E-state index contributed by atoms with van der Waals surface area (Å²) in [4.78, 5) is 16.8. The molecule has 3 N–H and O–H groups in total. The third-order valence-electron chi connectivity index (χ3n) is 3.13. The van der Waals surface area contributed by atoms with Crippen molar-refractivity contribution in [3.63, 3.8) is 0 Å². The van der Waals surface area contributed by atoms with Crippen molar-refractivity contribution in [3.05, 3.63) is 35.5 Å². The van der Waals surface area contributed by atoms with Gasteiger partial charge in [0.05, 0.1) is 38.3 Å². The van der Waals surface area contributed by atoms with Crippen molar-refractivity contribution in [1.82, 2.24) is 4.98 Å². The number of nitrogens with one attached hydrogen (secondary N) is 2. The molecular weight excluding hydrogens is 254 g/mol. The second-order valence-corrected chi connectivity index (χ2v) is 5.23. The van der Waals surface area contributed by atoms with Crippen LogP contribution in [0.5, 0.6) is 0 Å². The number of nitrogens with zero attached hydrogens (tertiary/aromatic N) is 1. The Labute approximate surface area is 118 Å². The summed E-state index contributed by atoms with van der Waals surface area (Å²) in [6.07, 6.45) is 0. The molecule has 0 atom stereocenters. The third-order valence-corrected chi connectivity index (χ3v) is 3.13. The topological polar surface area (TPSA) is 66.7 Å². The molecule has 5 nitrogen and oxygen atoms in total. The number of hydrogen-bond acceptors (Lipinski definition) is 3. The van der Waals surface area contributed by atoms with Crippen LogP contribution >= 0.6 is 0 Å². The maximum atomic E-state index is 11.0. The fourth-order valence-corrected chi connectivity index (χ4v) is 2.09. The molecule has 0 spiro atoms. The van der Waals surface area contributed by atoms with Crippen LogP contribution in [-0.4, -0.2) is 43.2 Å². The fraction of sp³-hybridized carbons (Fsp3) is 0.333. The van der Waals surface area contributed by atoms with Gasteiger partial charge in [-0.3, -0.25) is 4.98 Å². The van der Waals surface area contributed by atoms with Crippen LogP contribution < -0.4 is 10.2 Å². The van der Waals surface area contributed by atoms with E-state index in [0.29, 0.717) is 5.52 Å². The number of pyridine rings is 1. The van der Waals surface area contributed by atoms with Crippen LogP contribution in [0.3, 0.4) is 0 Å². The summed E-state index contributed by atoms with van der Waals surface area (Å²) in [7, 11) is 4.22. The van der Waals surface area contributed by atoms with E-state index < -0.39 is 5.97 Å². The smallest absolute Gasteiger partial charge is 0.335 e. The van der Waals surface area contributed by atoms with Gasteiger partial charge in [-0.05, 0) is 31.2 Å². The Kier molecular flexibility index (Phi) is 4.20. The average Bonchev–Trinajstić information content (AvgIpc) is 2.37. The Balaban J connectivity index is 2.36. The zero-order chi connectivity index (χ0) is 14.7. The molecule has 106 valence electrons. The first-order chi connectivity index (χ1) is 9.47. The molecule has 2 rings (SSSR count). The first kappa shape index (κ1) is 14.3. The van der Waals surface area contributed by atoms with Gasteiger partial charge in [-0.1, -0.05) is 0 Å². The van der Waals surface area contributed by atoms with E-state index in [1.54, 1.807) is 12.1 Å². The summed E-state index contributed by atoms with van der Waals surface area (Å²) in [6, 6.07) is 7.04. The fourth-order valence-electron chi connectivity index (χ4n) is 2.09. The lowest BCUT2D eigenvalue weighted by Crippen LogP contribution is -3.06. The highest BCUT2D eigenvalue weighted by Crippen LogP contribution is 2.24. The normalized spacial score (nSPS) is 11.0. The number of anilines is 1. The summed E-state index contributed by atoms with van der Waals surface area (Å²) in [6.45, 7) is 3.78. The molecule has 0 aliphatic rings. The van der Waals surface area contributed by atoms with Crippen molar-refractivity contribution in [2.75, 3.05) is 32.5 Å². The van der Waals surface area contributed by atoms with Crippen molar-refractivity contribution in [2.24, 2.45) is 0 Å². The van der Waals surface area contributed by atoms with Gasteiger partial charge >= 0.3 is 5.97 Å². The lowest BCUT2D eigenvalue weighted by atomic mass is 10.1. The Morgan fingerprint density at radius 1 is 1.35 bits per heavy atom. The van der Waals surface area contributed by atoms with Crippen molar-refractivity contribution in [3.8, 4) is 0 Å². The Bertz CT molecular complexity index is 638. The molecule has 0 saturated carbocycles. The van der Waals surface area contributed by atoms with Crippen LogP contribution in [0.2, 0.25) is 0 Å². The number of aromatic carboxylic acids is 1. The number of aryl methyl sites for hydroxylation is 1. The molecule has 0 saturated heterocycles. The summed E-state index contributed by atoms with van der Waals surface area (Å²) in [5, 5.41) is 13.4.